The van der Waals surface area contributed by atoms with Crippen molar-refractivity contribution in [3.05, 3.63) is 58.2 Å². The van der Waals surface area contributed by atoms with E-state index in [2.05, 4.69) is 50.1 Å². The van der Waals surface area contributed by atoms with Crippen LogP contribution in [0.15, 0.2) is 42.6 Å². The quantitative estimate of drug-likeness (QED) is 0.595. The van der Waals surface area contributed by atoms with E-state index in [1.165, 1.54) is 11.8 Å². The lowest BCUT2D eigenvalue weighted by molar-refractivity contribution is 0.187. The van der Waals surface area contributed by atoms with Crippen molar-refractivity contribution < 1.29 is 4.79 Å². The first-order chi connectivity index (χ1) is 13.6. The van der Waals surface area contributed by atoms with Gasteiger partial charge in [0.15, 0.2) is 0 Å². The normalized spacial score (nSPS) is 15.2. The summed E-state index contributed by atoms with van der Waals surface area (Å²) in [6.07, 6.45) is 3.45. The molecule has 3 rings (SSSR count). The summed E-state index contributed by atoms with van der Waals surface area (Å²) in [6.45, 7) is 3.94. The maximum absolute atomic E-state index is 12.1. The number of amides is 2. The number of urea groups is 1. The van der Waals surface area contributed by atoms with Crippen molar-refractivity contribution in [1.29, 1.82) is 0 Å². The van der Waals surface area contributed by atoms with Gasteiger partial charge >= 0.3 is 6.03 Å². The van der Waals surface area contributed by atoms with Crippen molar-refractivity contribution in [3.63, 3.8) is 0 Å². The summed E-state index contributed by atoms with van der Waals surface area (Å²) in [4.78, 5) is 18.6. The van der Waals surface area contributed by atoms with Gasteiger partial charge < -0.3 is 16.0 Å². The minimum atomic E-state index is -0.140. The number of carbonyl (C=O) groups is 1. The third-order valence-electron chi connectivity index (χ3n) is 4.68. The number of pyridine rings is 1. The number of hydrogen-bond acceptors (Lipinski definition) is 4. The van der Waals surface area contributed by atoms with E-state index in [1.54, 1.807) is 6.07 Å². The molecule has 2 heterocycles. The van der Waals surface area contributed by atoms with E-state index in [1.807, 2.05) is 6.07 Å². The van der Waals surface area contributed by atoms with Crippen LogP contribution >= 0.6 is 23.2 Å². The molecule has 2 amide bonds. The Morgan fingerprint density at radius 1 is 1.14 bits per heavy atom. The third kappa shape index (κ3) is 6.55. The molecular formula is C20H25Cl2N5O. The molecule has 6 nitrogen and oxygen atoms in total. The predicted molar refractivity (Wildman–Crippen MR) is 114 cm³/mol. The number of halogens is 2. The number of aromatic nitrogens is 1. The van der Waals surface area contributed by atoms with Gasteiger partial charge in [0.05, 0.1) is 10.0 Å². The second-order valence-electron chi connectivity index (χ2n) is 6.85. The minimum Gasteiger partial charge on any atom is -0.367 e. The molecule has 2 aromatic rings. The van der Waals surface area contributed by atoms with Crippen molar-refractivity contribution in [2.45, 2.75) is 25.4 Å². The maximum Gasteiger partial charge on any atom is 0.315 e. The Morgan fingerprint density at radius 3 is 2.61 bits per heavy atom. The van der Waals surface area contributed by atoms with E-state index in [0.717, 1.165) is 32.5 Å². The van der Waals surface area contributed by atoms with Crippen LogP contribution in [0.2, 0.25) is 10.0 Å². The van der Waals surface area contributed by atoms with Crippen LogP contribution in [0.4, 0.5) is 10.6 Å². The minimum absolute atomic E-state index is 0.140. The van der Waals surface area contributed by atoms with E-state index in [-0.39, 0.29) is 12.1 Å². The summed E-state index contributed by atoms with van der Waals surface area (Å²) in [5.74, 6) is 0.555. The molecule has 1 aromatic heterocycles. The summed E-state index contributed by atoms with van der Waals surface area (Å²) in [6, 6.07) is 12.2. The summed E-state index contributed by atoms with van der Waals surface area (Å²) in [7, 11) is 0. The first kappa shape index (κ1) is 20.7. The van der Waals surface area contributed by atoms with Crippen molar-refractivity contribution >= 4 is 35.1 Å². The summed E-state index contributed by atoms with van der Waals surface area (Å²) < 4.78 is 0. The number of rotatable bonds is 7. The fourth-order valence-electron chi connectivity index (χ4n) is 3.22. The SMILES string of the molecule is O=C(NCCNc1ncc(Cl)cc1Cl)NC1CCN(Cc2ccccc2)CC1. The highest BCUT2D eigenvalue weighted by Crippen LogP contribution is 2.22. The van der Waals surface area contributed by atoms with Gasteiger partial charge in [-0.3, -0.25) is 4.90 Å². The first-order valence-electron chi connectivity index (χ1n) is 9.46. The van der Waals surface area contributed by atoms with E-state index >= 15 is 0 Å². The number of hydrogen-bond donors (Lipinski definition) is 3. The Labute approximate surface area is 175 Å². The average molecular weight is 422 g/mol. The van der Waals surface area contributed by atoms with Crippen LogP contribution in [0.1, 0.15) is 18.4 Å². The van der Waals surface area contributed by atoms with Crippen LogP contribution in [0.5, 0.6) is 0 Å². The number of nitrogens with zero attached hydrogens (tertiary/aromatic N) is 2. The maximum atomic E-state index is 12.1. The molecule has 1 aromatic carbocycles. The molecule has 0 spiro atoms. The number of anilines is 1. The summed E-state index contributed by atoms with van der Waals surface area (Å²) in [5.41, 5.74) is 1.33. The number of piperidine rings is 1. The molecule has 0 bridgehead atoms. The molecule has 150 valence electrons. The van der Waals surface area contributed by atoms with E-state index in [4.69, 9.17) is 23.2 Å². The molecule has 1 saturated heterocycles. The van der Waals surface area contributed by atoms with Gasteiger partial charge in [-0.05, 0) is 24.5 Å². The van der Waals surface area contributed by atoms with Crippen molar-refractivity contribution in [3.8, 4) is 0 Å². The van der Waals surface area contributed by atoms with Gasteiger partial charge in [-0.1, -0.05) is 53.5 Å². The molecule has 0 unspecified atom stereocenters. The van der Waals surface area contributed by atoms with Crippen LogP contribution in [-0.4, -0.2) is 48.1 Å². The van der Waals surface area contributed by atoms with Crippen LogP contribution in [0, 0.1) is 0 Å². The second kappa shape index (κ2) is 10.5. The van der Waals surface area contributed by atoms with E-state index in [0.29, 0.717) is 29.0 Å². The van der Waals surface area contributed by atoms with E-state index < -0.39 is 0 Å². The molecule has 1 aliphatic heterocycles. The molecule has 1 fully saturated rings. The molecule has 28 heavy (non-hydrogen) atoms. The number of carbonyl (C=O) groups excluding carboxylic acids is 1. The topological polar surface area (TPSA) is 69.3 Å². The lowest BCUT2D eigenvalue weighted by atomic mass is 10.0. The van der Waals surface area contributed by atoms with Crippen molar-refractivity contribution in [2.75, 3.05) is 31.5 Å². The monoisotopic (exact) mass is 421 g/mol. The average Bonchev–Trinajstić information content (AvgIpc) is 2.69. The number of nitrogens with one attached hydrogen (secondary N) is 3. The van der Waals surface area contributed by atoms with Crippen molar-refractivity contribution in [2.24, 2.45) is 0 Å². The Hall–Kier alpha value is -2.02. The predicted octanol–water partition coefficient (Wildman–Crippen LogP) is 3.76. The van der Waals surface area contributed by atoms with Gasteiger partial charge in [0.2, 0.25) is 0 Å². The van der Waals surface area contributed by atoms with Gasteiger partial charge in [-0.25, -0.2) is 9.78 Å². The summed E-state index contributed by atoms with van der Waals surface area (Å²) >= 11 is 11.9. The fourth-order valence-corrected chi connectivity index (χ4v) is 3.66. The Bertz CT molecular complexity index is 766. The molecule has 3 N–H and O–H groups in total. The molecule has 0 aliphatic carbocycles. The summed E-state index contributed by atoms with van der Waals surface area (Å²) in [5, 5.41) is 9.94. The van der Waals surface area contributed by atoms with Gasteiger partial charge in [-0.2, -0.15) is 0 Å². The Kier molecular flexibility index (Phi) is 7.77. The number of likely N-dealkylation sites (tertiary alicyclic amines) is 1. The fraction of sp³-hybridized carbons (Fsp3) is 0.400. The van der Waals surface area contributed by atoms with Gasteiger partial charge in [-0.15, -0.1) is 0 Å². The zero-order chi connectivity index (χ0) is 19.8. The van der Waals surface area contributed by atoms with Crippen LogP contribution in [-0.2, 0) is 6.54 Å². The molecule has 1 aliphatic rings. The van der Waals surface area contributed by atoms with Crippen LogP contribution in [0.25, 0.3) is 0 Å². The number of benzene rings is 1. The zero-order valence-corrected chi connectivity index (χ0v) is 17.1. The zero-order valence-electron chi connectivity index (χ0n) is 15.6. The van der Waals surface area contributed by atoms with E-state index in [9.17, 15) is 4.79 Å². The highest BCUT2D eigenvalue weighted by Gasteiger charge is 2.20. The van der Waals surface area contributed by atoms with Crippen LogP contribution < -0.4 is 16.0 Å². The van der Waals surface area contributed by atoms with Gasteiger partial charge in [0.1, 0.15) is 5.82 Å². The molecular weight excluding hydrogens is 397 g/mol. The molecule has 8 heteroatoms. The first-order valence-corrected chi connectivity index (χ1v) is 10.2. The Balaban J connectivity index is 1.30. The van der Waals surface area contributed by atoms with Crippen LogP contribution in [0.3, 0.4) is 0 Å². The lowest BCUT2D eigenvalue weighted by Gasteiger charge is -2.32. The third-order valence-corrected chi connectivity index (χ3v) is 5.18. The van der Waals surface area contributed by atoms with Gasteiger partial charge in [0.25, 0.3) is 0 Å². The smallest absolute Gasteiger partial charge is 0.315 e. The Morgan fingerprint density at radius 2 is 1.89 bits per heavy atom. The highest BCUT2D eigenvalue weighted by molar-refractivity contribution is 6.35. The highest BCUT2D eigenvalue weighted by atomic mass is 35.5. The van der Waals surface area contributed by atoms with Crippen molar-refractivity contribution in [1.82, 2.24) is 20.5 Å². The standard InChI is InChI=1S/C20H25Cl2N5O/c21-16-12-18(22)19(25-13-16)23-8-9-24-20(28)26-17-6-10-27(11-7-17)14-15-4-2-1-3-5-15/h1-5,12-13,17H,6-11,14H2,(H,23,25)(H2,24,26,28). The largest absolute Gasteiger partial charge is 0.367 e. The molecule has 0 saturated carbocycles. The lowest BCUT2D eigenvalue weighted by Crippen LogP contribution is -2.48. The molecule has 0 atom stereocenters. The molecule has 0 radical (unpaired) electrons. The second-order valence-corrected chi connectivity index (χ2v) is 7.69. The van der Waals surface area contributed by atoms with Gasteiger partial charge in [0, 0.05) is 45.0 Å².